The maximum atomic E-state index is 12.7. The fraction of sp³-hybridized carbons (Fsp3) is 0.258. The van der Waals surface area contributed by atoms with E-state index in [0.29, 0.717) is 34.3 Å². The minimum absolute atomic E-state index is 0.116. The summed E-state index contributed by atoms with van der Waals surface area (Å²) < 4.78 is 15.4. The summed E-state index contributed by atoms with van der Waals surface area (Å²) in [5, 5.41) is 8.08. The number of hydrogen-bond acceptors (Lipinski definition) is 7. The number of methoxy groups -OCH3 is 3. The number of amides is 1. The number of anilines is 1. The summed E-state index contributed by atoms with van der Waals surface area (Å²) in [6.07, 6.45) is 5.47. The van der Waals surface area contributed by atoms with E-state index in [-0.39, 0.29) is 23.8 Å². The molecule has 0 fully saturated rings. The van der Waals surface area contributed by atoms with Crippen molar-refractivity contribution in [1.82, 2.24) is 5.43 Å². The van der Waals surface area contributed by atoms with E-state index in [0.717, 1.165) is 23.2 Å². The number of carbonyl (C=O) groups excluding carboxylic acids is 2. The summed E-state index contributed by atoms with van der Waals surface area (Å²) in [7, 11) is 4.46. The number of allylic oxidation sites excluding steroid dienone is 2. The second-order valence-corrected chi connectivity index (χ2v) is 9.60. The highest BCUT2D eigenvalue weighted by molar-refractivity contribution is 6.01. The van der Waals surface area contributed by atoms with Gasteiger partial charge in [0, 0.05) is 17.2 Å². The molecule has 0 aromatic heterocycles. The highest BCUT2D eigenvalue weighted by atomic mass is 16.5. The highest BCUT2D eigenvalue weighted by Gasteiger charge is 2.38. The third-order valence-electron chi connectivity index (χ3n) is 7.44. The number of ether oxygens (including phenoxy) is 3. The van der Waals surface area contributed by atoms with E-state index in [9.17, 15) is 9.59 Å². The maximum Gasteiger partial charge on any atom is 0.337 e. The third-order valence-corrected chi connectivity index (χ3v) is 7.44. The van der Waals surface area contributed by atoms with Gasteiger partial charge in [0.25, 0.3) is 5.91 Å². The van der Waals surface area contributed by atoms with Crippen LogP contribution in [0.3, 0.4) is 0 Å². The van der Waals surface area contributed by atoms with Crippen molar-refractivity contribution in [2.24, 2.45) is 11.0 Å². The summed E-state index contributed by atoms with van der Waals surface area (Å²) in [4.78, 5) is 24.6. The van der Waals surface area contributed by atoms with Crippen LogP contribution in [-0.4, -0.2) is 38.9 Å². The van der Waals surface area contributed by atoms with Crippen LogP contribution in [0.4, 0.5) is 5.69 Å². The zero-order valence-electron chi connectivity index (χ0n) is 22.4. The molecular weight excluding hydrogens is 494 g/mol. The first-order chi connectivity index (χ1) is 18.9. The fourth-order valence-electron chi connectivity index (χ4n) is 5.34. The standard InChI is InChI=1S/C31H31N3O5/c1-18(33-34-30(35)22-13-15-27(37-2)28(17-22)38-3)21-12-14-26-25(16-21)23-6-5-7-24(23)29(32-26)19-8-10-20(11-9-19)31(36)39-4/h5-6,8-17,23-24,29,32H,7H2,1-4H3,(H,34,35)/b33-18-/t23-,24+,29+/m1/s1. The predicted octanol–water partition coefficient (Wildman–Crippen LogP) is 5.47. The monoisotopic (exact) mass is 525 g/mol. The SMILES string of the molecule is COC(=O)c1ccc([C@@H]2Nc3ccc(/C(C)=N\NC(=O)c4ccc(OC)c(OC)c4)cc3[C@@H]3C=CC[C@@H]32)cc1. The van der Waals surface area contributed by atoms with Crippen LogP contribution in [0.1, 0.15) is 62.7 Å². The lowest BCUT2D eigenvalue weighted by Crippen LogP contribution is -2.29. The van der Waals surface area contributed by atoms with Crippen LogP contribution in [-0.2, 0) is 4.74 Å². The molecule has 0 spiro atoms. The summed E-state index contributed by atoms with van der Waals surface area (Å²) >= 11 is 0. The van der Waals surface area contributed by atoms with E-state index >= 15 is 0 Å². The smallest absolute Gasteiger partial charge is 0.337 e. The summed E-state index contributed by atoms with van der Waals surface area (Å²) in [6, 6.07) is 18.9. The number of hydrogen-bond donors (Lipinski definition) is 2. The van der Waals surface area contributed by atoms with E-state index in [1.54, 1.807) is 25.3 Å². The lowest BCUT2D eigenvalue weighted by Gasteiger charge is -2.37. The molecule has 2 N–H and O–H groups in total. The number of rotatable bonds is 7. The molecule has 5 rings (SSSR count). The van der Waals surface area contributed by atoms with Crippen molar-refractivity contribution in [3.63, 3.8) is 0 Å². The lowest BCUT2D eigenvalue weighted by atomic mass is 9.76. The first-order valence-electron chi connectivity index (χ1n) is 12.8. The Labute approximate surface area is 227 Å². The quantitative estimate of drug-likeness (QED) is 0.184. The molecule has 0 saturated heterocycles. The van der Waals surface area contributed by atoms with Gasteiger partial charge in [0.2, 0.25) is 0 Å². The minimum Gasteiger partial charge on any atom is -0.493 e. The second-order valence-electron chi connectivity index (χ2n) is 9.60. The number of nitrogens with zero attached hydrogens (tertiary/aromatic N) is 1. The Balaban J connectivity index is 1.35. The fourth-order valence-corrected chi connectivity index (χ4v) is 5.34. The van der Waals surface area contributed by atoms with Gasteiger partial charge < -0.3 is 19.5 Å². The summed E-state index contributed by atoms with van der Waals surface area (Å²) in [5.74, 6) is 0.948. The maximum absolute atomic E-state index is 12.7. The molecule has 200 valence electrons. The van der Waals surface area contributed by atoms with Crippen LogP contribution < -0.4 is 20.2 Å². The first kappa shape index (κ1) is 26.0. The Morgan fingerprint density at radius 3 is 2.33 bits per heavy atom. The number of esters is 1. The van der Waals surface area contributed by atoms with Crippen molar-refractivity contribution in [1.29, 1.82) is 0 Å². The molecule has 39 heavy (non-hydrogen) atoms. The van der Waals surface area contributed by atoms with Gasteiger partial charge in [0.05, 0.1) is 38.6 Å². The van der Waals surface area contributed by atoms with E-state index in [1.807, 2.05) is 37.3 Å². The van der Waals surface area contributed by atoms with Crippen molar-refractivity contribution in [2.75, 3.05) is 26.6 Å². The molecule has 3 aromatic carbocycles. The normalized spacial score (nSPS) is 19.4. The first-order valence-corrected chi connectivity index (χ1v) is 12.8. The van der Waals surface area contributed by atoms with Gasteiger partial charge in [-0.25, -0.2) is 10.2 Å². The predicted molar refractivity (Wildman–Crippen MR) is 150 cm³/mol. The Hall–Kier alpha value is -4.59. The topological polar surface area (TPSA) is 98.2 Å². The molecule has 0 saturated carbocycles. The Morgan fingerprint density at radius 1 is 0.897 bits per heavy atom. The van der Waals surface area contributed by atoms with Crippen LogP contribution >= 0.6 is 0 Å². The molecule has 3 aromatic rings. The highest BCUT2D eigenvalue weighted by Crippen LogP contribution is 2.50. The van der Waals surface area contributed by atoms with Gasteiger partial charge in [-0.3, -0.25) is 4.79 Å². The summed E-state index contributed by atoms with van der Waals surface area (Å²) in [5.41, 5.74) is 8.64. The number of fused-ring (bicyclic) bond motifs is 3. The molecule has 8 nitrogen and oxygen atoms in total. The zero-order chi connectivity index (χ0) is 27.5. The Bertz CT molecular complexity index is 1460. The molecule has 1 aliphatic carbocycles. The van der Waals surface area contributed by atoms with Crippen molar-refractivity contribution >= 4 is 23.3 Å². The Morgan fingerprint density at radius 2 is 1.62 bits per heavy atom. The molecule has 1 aliphatic heterocycles. The van der Waals surface area contributed by atoms with Gasteiger partial charge in [-0.2, -0.15) is 5.10 Å². The van der Waals surface area contributed by atoms with Gasteiger partial charge in [-0.15, -0.1) is 0 Å². The largest absolute Gasteiger partial charge is 0.493 e. The van der Waals surface area contributed by atoms with Crippen LogP contribution in [0.25, 0.3) is 0 Å². The molecular formula is C31H31N3O5. The van der Waals surface area contributed by atoms with Crippen molar-refractivity contribution < 1.29 is 23.8 Å². The number of nitrogens with one attached hydrogen (secondary N) is 2. The molecule has 1 heterocycles. The van der Waals surface area contributed by atoms with E-state index in [1.165, 1.54) is 19.8 Å². The zero-order valence-corrected chi connectivity index (χ0v) is 22.4. The van der Waals surface area contributed by atoms with E-state index in [4.69, 9.17) is 14.2 Å². The molecule has 0 unspecified atom stereocenters. The molecule has 8 heteroatoms. The molecule has 3 atom stereocenters. The lowest BCUT2D eigenvalue weighted by molar-refractivity contribution is 0.0600. The molecule has 1 amide bonds. The molecule has 2 aliphatic rings. The van der Waals surface area contributed by atoms with Crippen LogP contribution in [0.2, 0.25) is 0 Å². The minimum atomic E-state index is -0.339. The van der Waals surface area contributed by atoms with Gasteiger partial charge in [-0.1, -0.05) is 30.4 Å². The second kappa shape index (κ2) is 11.0. The van der Waals surface area contributed by atoms with E-state index in [2.05, 4.69) is 40.1 Å². The van der Waals surface area contributed by atoms with Crippen LogP contribution in [0, 0.1) is 5.92 Å². The number of carbonyl (C=O) groups is 2. The number of benzene rings is 3. The van der Waals surface area contributed by atoms with E-state index < -0.39 is 0 Å². The van der Waals surface area contributed by atoms with Gasteiger partial charge in [-0.05, 0) is 78.4 Å². The van der Waals surface area contributed by atoms with Crippen LogP contribution in [0.15, 0.2) is 77.9 Å². The van der Waals surface area contributed by atoms with Gasteiger partial charge in [0.1, 0.15) is 0 Å². The average molecular weight is 526 g/mol. The van der Waals surface area contributed by atoms with Gasteiger partial charge >= 0.3 is 5.97 Å². The molecule has 0 bridgehead atoms. The van der Waals surface area contributed by atoms with Crippen LogP contribution in [0.5, 0.6) is 11.5 Å². The van der Waals surface area contributed by atoms with Crippen molar-refractivity contribution in [3.8, 4) is 11.5 Å². The summed E-state index contributed by atoms with van der Waals surface area (Å²) in [6.45, 7) is 1.88. The van der Waals surface area contributed by atoms with Crippen molar-refractivity contribution in [3.05, 3.63) is 101 Å². The Kier molecular flexibility index (Phi) is 7.36. The number of hydrazone groups is 1. The molecule has 0 radical (unpaired) electrons. The van der Waals surface area contributed by atoms with Crippen molar-refractivity contribution in [2.45, 2.75) is 25.3 Å². The average Bonchev–Trinajstić information content (AvgIpc) is 3.49. The van der Waals surface area contributed by atoms with Gasteiger partial charge in [0.15, 0.2) is 11.5 Å². The third kappa shape index (κ3) is 5.10.